The van der Waals surface area contributed by atoms with E-state index in [9.17, 15) is 4.79 Å². The lowest BCUT2D eigenvalue weighted by Gasteiger charge is -2.08. The molecule has 0 saturated heterocycles. The Morgan fingerprint density at radius 1 is 1.65 bits per heavy atom. The molecule has 0 aromatic carbocycles. The smallest absolute Gasteiger partial charge is 0.252 e. The van der Waals surface area contributed by atoms with Crippen molar-refractivity contribution in [1.82, 2.24) is 4.98 Å². The maximum atomic E-state index is 11.2. The number of carbonyl (C=O) groups is 1. The summed E-state index contributed by atoms with van der Waals surface area (Å²) in [5, 5.41) is 3.02. The molecule has 5 N–H and O–H groups in total. The zero-order chi connectivity index (χ0) is 12.7. The Labute approximate surface area is 104 Å². The van der Waals surface area contributed by atoms with Crippen molar-refractivity contribution in [3.63, 3.8) is 0 Å². The van der Waals surface area contributed by atoms with Crippen molar-refractivity contribution in [2.24, 2.45) is 5.73 Å². The molecule has 0 unspecified atom stereocenters. The molecule has 1 heterocycles. The quantitative estimate of drug-likeness (QED) is 0.506. The number of nitrogens with two attached hydrogens (primary N) is 2. The lowest BCUT2D eigenvalue weighted by molar-refractivity contribution is 0.100. The zero-order valence-electron chi connectivity index (χ0n) is 9.27. The van der Waals surface area contributed by atoms with Crippen molar-refractivity contribution < 1.29 is 4.79 Å². The molecule has 17 heavy (non-hydrogen) atoms. The largest absolute Gasteiger partial charge is 0.397 e. The monoisotopic (exact) mass is 250 g/mol. The third-order valence-electron chi connectivity index (χ3n) is 1.90. The Hall–Kier alpha value is -1.87. The first-order chi connectivity index (χ1) is 8.15. The Morgan fingerprint density at radius 2 is 2.41 bits per heavy atom. The van der Waals surface area contributed by atoms with E-state index in [2.05, 4.69) is 16.2 Å². The molecule has 0 aliphatic heterocycles. The Balaban J connectivity index is 2.59. The summed E-state index contributed by atoms with van der Waals surface area (Å²) in [5.41, 5.74) is 11.5. The van der Waals surface area contributed by atoms with E-state index < -0.39 is 5.91 Å². The normalized spacial score (nSPS) is 9.59. The molecule has 1 amide bonds. The van der Waals surface area contributed by atoms with Gasteiger partial charge >= 0.3 is 0 Å². The van der Waals surface area contributed by atoms with Crippen LogP contribution in [0.2, 0.25) is 0 Å². The van der Waals surface area contributed by atoms with Crippen LogP contribution in [0.15, 0.2) is 12.3 Å². The second-order valence-corrected chi connectivity index (χ2v) is 4.32. The number of nitrogen functional groups attached to an aromatic ring is 1. The Kier molecular flexibility index (Phi) is 5.17. The Bertz CT molecular complexity index is 442. The van der Waals surface area contributed by atoms with Crippen LogP contribution in [0.4, 0.5) is 11.5 Å². The van der Waals surface area contributed by atoms with Gasteiger partial charge in [-0.3, -0.25) is 4.79 Å². The van der Waals surface area contributed by atoms with Crippen LogP contribution >= 0.6 is 11.8 Å². The first-order valence-corrected chi connectivity index (χ1v) is 6.11. The molecule has 5 nitrogen and oxygen atoms in total. The van der Waals surface area contributed by atoms with E-state index in [4.69, 9.17) is 17.9 Å². The van der Waals surface area contributed by atoms with Gasteiger partial charge in [0.05, 0.1) is 23.2 Å². The molecule has 6 heteroatoms. The minimum atomic E-state index is -0.552. The second-order valence-electron chi connectivity index (χ2n) is 3.21. The van der Waals surface area contributed by atoms with Gasteiger partial charge in [0.1, 0.15) is 5.82 Å². The van der Waals surface area contributed by atoms with Gasteiger partial charge in [0, 0.05) is 12.3 Å². The lowest BCUT2D eigenvalue weighted by atomic mass is 10.2. The molecular formula is C11H14N4OS. The number of anilines is 2. The SMILES string of the molecule is C#CCSCCNc1ncc(N)cc1C(N)=O. The molecule has 0 atom stereocenters. The highest BCUT2D eigenvalue weighted by Gasteiger charge is 2.09. The molecular weight excluding hydrogens is 236 g/mol. The van der Waals surface area contributed by atoms with Crippen LogP contribution in [0.1, 0.15) is 10.4 Å². The highest BCUT2D eigenvalue weighted by atomic mass is 32.2. The highest BCUT2D eigenvalue weighted by Crippen LogP contribution is 2.14. The Morgan fingerprint density at radius 3 is 3.06 bits per heavy atom. The van der Waals surface area contributed by atoms with Crippen LogP contribution in [-0.2, 0) is 0 Å². The van der Waals surface area contributed by atoms with Crippen LogP contribution in [0.3, 0.4) is 0 Å². The second kappa shape index (κ2) is 6.66. The number of primary amides is 1. The number of rotatable bonds is 6. The predicted molar refractivity (Wildman–Crippen MR) is 71.8 cm³/mol. The number of carbonyl (C=O) groups excluding carboxylic acids is 1. The summed E-state index contributed by atoms with van der Waals surface area (Å²) in [6.07, 6.45) is 6.60. The van der Waals surface area contributed by atoms with Gasteiger partial charge in [0.2, 0.25) is 0 Å². The van der Waals surface area contributed by atoms with E-state index in [1.54, 1.807) is 11.8 Å². The van der Waals surface area contributed by atoms with Crippen LogP contribution in [0.5, 0.6) is 0 Å². The van der Waals surface area contributed by atoms with Crippen molar-refractivity contribution in [2.45, 2.75) is 0 Å². The van der Waals surface area contributed by atoms with Gasteiger partial charge in [-0.05, 0) is 6.07 Å². The number of hydrogen-bond donors (Lipinski definition) is 3. The fourth-order valence-electron chi connectivity index (χ4n) is 1.18. The average molecular weight is 250 g/mol. The van der Waals surface area contributed by atoms with Gasteiger partial charge in [0.25, 0.3) is 5.91 Å². The number of hydrogen-bond acceptors (Lipinski definition) is 5. The predicted octanol–water partition coefficient (Wildman–Crippen LogP) is 0.541. The van der Waals surface area contributed by atoms with Crippen molar-refractivity contribution in [3.8, 4) is 12.3 Å². The van der Waals surface area contributed by atoms with E-state index in [1.165, 1.54) is 12.3 Å². The summed E-state index contributed by atoms with van der Waals surface area (Å²) in [5.74, 6) is 3.93. The molecule has 0 aliphatic rings. The van der Waals surface area contributed by atoms with Crippen LogP contribution in [0.25, 0.3) is 0 Å². The third kappa shape index (κ3) is 4.25. The molecule has 1 rings (SSSR count). The zero-order valence-corrected chi connectivity index (χ0v) is 10.1. The van der Waals surface area contributed by atoms with Gasteiger partial charge < -0.3 is 16.8 Å². The number of pyridine rings is 1. The number of nitrogens with zero attached hydrogens (tertiary/aromatic N) is 1. The van der Waals surface area contributed by atoms with Crippen LogP contribution in [0, 0.1) is 12.3 Å². The van der Waals surface area contributed by atoms with Gasteiger partial charge in [-0.25, -0.2) is 4.98 Å². The van der Waals surface area contributed by atoms with Crippen molar-refractivity contribution >= 4 is 29.2 Å². The van der Waals surface area contributed by atoms with E-state index in [0.717, 1.165) is 5.75 Å². The molecule has 0 radical (unpaired) electrons. The first-order valence-electron chi connectivity index (χ1n) is 4.95. The molecule has 1 aromatic heterocycles. The molecule has 0 saturated carbocycles. The van der Waals surface area contributed by atoms with Crippen molar-refractivity contribution in [2.75, 3.05) is 29.1 Å². The minimum absolute atomic E-state index is 0.298. The highest BCUT2D eigenvalue weighted by molar-refractivity contribution is 7.99. The van der Waals surface area contributed by atoms with E-state index in [-0.39, 0.29) is 0 Å². The van der Waals surface area contributed by atoms with E-state index in [0.29, 0.717) is 29.4 Å². The summed E-state index contributed by atoms with van der Waals surface area (Å²) in [6.45, 7) is 0.656. The molecule has 0 fully saturated rings. The van der Waals surface area contributed by atoms with Crippen LogP contribution < -0.4 is 16.8 Å². The summed E-state index contributed by atoms with van der Waals surface area (Å²) < 4.78 is 0. The standard InChI is InChI=1S/C11H14N4OS/c1-2-4-17-5-3-14-11-9(10(13)16)6-8(12)7-15-11/h1,6-7H,3-5,12H2,(H2,13,16)(H,14,15). The summed E-state index contributed by atoms with van der Waals surface area (Å²) in [4.78, 5) is 15.2. The van der Waals surface area contributed by atoms with Crippen molar-refractivity contribution in [3.05, 3.63) is 17.8 Å². The average Bonchev–Trinajstić information content (AvgIpc) is 2.30. The van der Waals surface area contributed by atoms with Gasteiger partial charge in [-0.15, -0.1) is 18.2 Å². The fourth-order valence-corrected chi connectivity index (χ4v) is 1.69. The number of aromatic nitrogens is 1. The maximum Gasteiger partial charge on any atom is 0.252 e. The number of thioether (sulfide) groups is 1. The molecule has 90 valence electrons. The number of nitrogens with one attached hydrogen (secondary N) is 1. The fraction of sp³-hybridized carbons (Fsp3) is 0.273. The molecule has 0 aliphatic carbocycles. The third-order valence-corrected chi connectivity index (χ3v) is 2.76. The summed E-state index contributed by atoms with van der Waals surface area (Å²) in [6, 6.07) is 1.51. The molecule has 0 spiro atoms. The molecule has 1 aromatic rings. The first kappa shape index (κ1) is 13.2. The van der Waals surface area contributed by atoms with Crippen LogP contribution in [-0.4, -0.2) is 28.9 Å². The van der Waals surface area contributed by atoms with E-state index >= 15 is 0 Å². The summed E-state index contributed by atoms with van der Waals surface area (Å²) >= 11 is 1.62. The van der Waals surface area contributed by atoms with Crippen molar-refractivity contribution in [1.29, 1.82) is 0 Å². The maximum absolute atomic E-state index is 11.2. The minimum Gasteiger partial charge on any atom is -0.397 e. The molecule has 0 bridgehead atoms. The summed E-state index contributed by atoms with van der Waals surface area (Å²) in [7, 11) is 0. The topological polar surface area (TPSA) is 94.0 Å². The number of amides is 1. The van der Waals surface area contributed by atoms with E-state index in [1.807, 2.05) is 0 Å². The number of terminal acetylenes is 1. The van der Waals surface area contributed by atoms with Gasteiger partial charge in [0.15, 0.2) is 0 Å². The lowest BCUT2D eigenvalue weighted by Crippen LogP contribution is -2.17. The van der Waals surface area contributed by atoms with Gasteiger partial charge in [-0.1, -0.05) is 5.92 Å². The van der Waals surface area contributed by atoms with Gasteiger partial charge in [-0.2, -0.15) is 0 Å².